The van der Waals surface area contributed by atoms with Crippen molar-refractivity contribution in [1.82, 2.24) is 14.9 Å². The van der Waals surface area contributed by atoms with Gasteiger partial charge in [0.05, 0.1) is 0 Å². The number of aliphatic hydroxyl groups excluding tert-OH is 1. The van der Waals surface area contributed by atoms with Crippen LogP contribution in [0.5, 0.6) is 0 Å². The first-order chi connectivity index (χ1) is 14.5. The fourth-order valence-corrected chi connectivity index (χ4v) is 3.38. The summed E-state index contributed by atoms with van der Waals surface area (Å²) in [6.45, 7) is 1.89. The Kier molecular flexibility index (Phi) is 7.38. The summed E-state index contributed by atoms with van der Waals surface area (Å²) in [4.78, 5) is 30.2. The average molecular weight is 426 g/mol. The van der Waals surface area contributed by atoms with Crippen molar-refractivity contribution in [1.29, 1.82) is 0 Å². The minimum absolute atomic E-state index is 0.143. The van der Waals surface area contributed by atoms with E-state index < -0.39 is 0 Å². The van der Waals surface area contributed by atoms with E-state index in [2.05, 4.69) is 10.3 Å². The highest BCUT2D eigenvalue weighted by molar-refractivity contribution is 6.30. The Labute approximate surface area is 180 Å². The molecule has 0 aliphatic heterocycles. The fraction of sp³-hybridized carbons (Fsp3) is 0.261. The average Bonchev–Trinajstić information content (AvgIpc) is 2.75. The highest BCUT2D eigenvalue weighted by Crippen LogP contribution is 2.17. The highest BCUT2D eigenvalue weighted by atomic mass is 35.5. The Morgan fingerprint density at radius 3 is 2.47 bits per heavy atom. The van der Waals surface area contributed by atoms with Crippen molar-refractivity contribution in [3.05, 3.63) is 86.8 Å². The van der Waals surface area contributed by atoms with Crippen LogP contribution in [-0.4, -0.2) is 33.7 Å². The lowest BCUT2D eigenvalue weighted by Gasteiger charge is -2.16. The number of carbonyl (C=O) groups excluding carboxylic acids is 1. The Balaban J connectivity index is 1.80. The minimum atomic E-state index is -0.303. The van der Waals surface area contributed by atoms with E-state index in [0.717, 1.165) is 11.1 Å². The summed E-state index contributed by atoms with van der Waals surface area (Å²) in [5, 5.41) is 12.8. The molecule has 2 aromatic carbocycles. The molecule has 2 N–H and O–H groups in total. The molecular weight excluding hydrogens is 402 g/mol. The quantitative estimate of drug-likeness (QED) is 0.581. The van der Waals surface area contributed by atoms with Gasteiger partial charge in [0.2, 0.25) is 5.91 Å². The van der Waals surface area contributed by atoms with Crippen molar-refractivity contribution in [3.8, 4) is 11.4 Å². The van der Waals surface area contributed by atoms with Crippen molar-refractivity contribution in [2.24, 2.45) is 0 Å². The number of nitrogens with one attached hydrogen (secondary N) is 1. The van der Waals surface area contributed by atoms with E-state index >= 15 is 0 Å². The van der Waals surface area contributed by atoms with Crippen LogP contribution in [0.15, 0.2) is 59.4 Å². The molecule has 1 amide bonds. The van der Waals surface area contributed by atoms with Crippen LogP contribution in [-0.2, 0) is 24.2 Å². The number of aromatic nitrogens is 2. The largest absolute Gasteiger partial charge is 0.396 e. The zero-order valence-corrected chi connectivity index (χ0v) is 17.5. The summed E-state index contributed by atoms with van der Waals surface area (Å²) in [5.41, 5.74) is 2.49. The van der Waals surface area contributed by atoms with Gasteiger partial charge < -0.3 is 10.4 Å². The third-order valence-corrected chi connectivity index (χ3v) is 5.07. The molecule has 0 saturated carbocycles. The number of nitrogens with zero attached hydrogens (tertiary/aromatic N) is 2. The van der Waals surface area contributed by atoms with Gasteiger partial charge in [-0.15, -0.1) is 0 Å². The molecule has 0 aliphatic rings. The van der Waals surface area contributed by atoms with Gasteiger partial charge in [0.25, 0.3) is 5.56 Å². The lowest BCUT2D eigenvalue weighted by molar-refractivity contribution is -0.121. The van der Waals surface area contributed by atoms with Gasteiger partial charge in [-0.1, -0.05) is 54.1 Å². The predicted molar refractivity (Wildman–Crippen MR) is 118 cm³/mol. The van der Waals surface area contributed by atoms with Gasteiger partial charge in [0.15, 0.2) is 0 Å². The van der Waals surface area contributed by atoms with Gasteiger partial charge in [0, 0.05) is 41.4 Å². The topological polar surface area (TPSA) is 84.2 Å². The monoisotopic (exact) mass is 425 g/mol. The third-order valence-electron chi connectivity index (χ3n) is 4.81. The molecule has 6 nitrogen and oxygen atoms in total. The molecule has 3 rings (SSSR count). The molecule has 0 radical (unpaired) electrons. The first kappa shape index (κ1) is 21.7. The lowest BCUT2D eigenvalue weighted by Crippen LogP contribution is -2.36. The number of aliphatic hydroxyl groups is 1. The SMILES string of the molecule is Cc1nc(-c2ccccc2)n(CC(=O)NCCc2ccc(Cl)cc2)c(=O)c1CCO. The van der Waals surface area contributed by atoms with E-state index in [9.17, 15) is 14.7 Å². The molecule has 1 aromatic heterocycles. The van der Waals surface area contributed by atoms with E-state index in [1.807, 2.05) is 54.6 Å². The van der Waals surface area contributed by atoms with Gasteiger partial charge in [-0.3, -0.25) is 14.2 Å². The molecule has 0 aliphatic carbocycles. The maximum Gasteiger partial charge on any atom is 0.257 e. The summed E-state index contributed by atoms with van der Waals surface area (Å²) < 4.78 is 1.38. The van der Waals surface area contributed by atoms with Gasteiger partial charge >= 0.3 is 0 Å². The van der Waals surface area contributed by atoms with Crippen molar-refractivity contribution < 1.29 is 9.90 Å². The number of amides is 1. The van der Waals surface area contributed by atoms with Crippen LogP contribution in [0.1, 0.15) is 16.8 Å². The Morgan fingerprint density at radius 1 is 1.10 bits per heavy atom. The lowest BCUT2D eigenvalue weighted by atomic mass is 10.1. The second kappa shape index (κ2) is 10.2. The van der Waals surface area contributed by atoms with Crippen molar-refractivity contribution in [2.45, 2.75) is 26.3 Å². The number of carbonyl (C=O) groups is 1. The van der Waals surface area contributed by atoms with Crippen molar-refractivity contribution in [3.63, 3.8) is 0 Å². The van der Waals surface area contributed by atoms with Crippen LogP contribution in [0.4, 0.5) is 0 Å². The summed E-state index contributed by atoms with van der Waals surface area (Å²) in [6.07, 6.45) is 0.857. The van der Waals surface area contributed by atoms with Crippen LogP contribution in [0.25, 0.3) is 11.4 Å². The maximum atomic E-state index is 13.1. The molecule has 3 aromatic rings. The molecule has 0 saturated heterocycles. The molecule has 1 heterocycles. The summed E-state index contributed by atoms with van der Waals surface area (Å²) in [7, 11) is 0. The summed E-state index contributed by atoms with van der Waals surface area (Å²) in [6, 6.07) is 16.7. The van der Waals surface area contributed by atoms with E-state index in [-0.39, 0.29) is 31.0 Å². The second-order valence-electron chi connectivity index (χ2n) is 6.96. The number of halogens is 1. The zero-order chi connectivity index (χ0) is 21.5. The number of hydrogen-bond acceptors (Lipinski definition) is 4. The molecule has 7 heteroatoms. The normalized spacial score (nSPS) is 10.8. The smallest absolute Gasteiger partial charge is 0.257 e. The molecule has 0 atom stereocenters. The summed E-state index contributed by atoms with van der Waals surface area (Å²) >= 11 is 5.89. The second-order valence-corrected chi connectivity index (χ2v) is 7.39. The van der Waals surface area contributed by atoms with Gasteiger partial charge in [-0.2, -0.15) is 0 Å². The molecule has 0 spiro atoms. The third kappa shape index (κ3) is 5.34. The summed E-state index contributed by atoms with van der Waals surface area (Å²) in [5.74, 6) is 0.163. The molecule has 0 fully saturated rings. The standard InChI is InChI=1S/C23H24ClN3O3/c1-16-20(12-14-28)23(30)27(22(26-16)18-5-3-2-4-6-18)15-21(29)25-13-11-17-7-9-19(24)10-8-17/h2-10,28H,11-15H2,1H3,(H,25,29). The Hall–Kier alpha value is -2.96. The Morgan fingerprint density at radius 2 is 1.80 bits per heavy atom. The zero-order valence-electron chi connectivity index (χ0n) is 16.8. The molecular formula is C23H24ClN3O3. The number of aryl methyl sites for hydroxylation is 1. The van der Waals surface area contributed by atoms with E-state index in [1.54, 1.807) is 6.92 Å². The van der Waals surface area contributed by atoms with Crippen LogP contribution < -0.4 is 10.9 Å². The van der Waals surface area contributed by atoms with Gasteiger partial charge in [-0.25, -0.2) is 4.98 Å². The molecule has 0 unspecified atom stereocenters. The van der Waals surface area contributed by atoms with E-state index in [0.29, 0.717) is 35.1 Å². The van der Waals surface area contributed by atoms with Crippen LogP contribution in [0, 0.1) is 6.92 Å². The molecule has 156 valence electrons. The highest BCUT2D eigenvalue weighted by Gasteiger charge is 2.17. The fourth-order valence-electron chi connectivity index (χ4n) is 3.25. The Bertz CT molecular complexity index is 1060. The number of hydrogen-bond donors (Lipinski definition) is 2. The van der Waals surface area contributed by atoms with E-state index in [4.69, 9.17) is 11.6 Å². The minimum Gasteiger partial charge on any atom is -0.396 e. The van der Waals surface area contributed by atoms with E-state index in [1.165, 1.54) is 4.57 Å². The maximum absolute atomic E-state index is 13.1. The predicted octanol–water partition coefficient (Wildman–Crippen LogP) is 2.77. The number of rotatable bonds is 8. The molecule has 30 heavy (non-hydrogen) atoms. The molecule has 0 bridgehead atoms. The van der Waals surface area contributed by atoms with Crippen molar-refractivity contribution >= 4 is 17.5 Å². The van der Waals surface area contributed by atoms with Crippen LogP contribution in [0.3, 0.4) is 0 Å². The first-order valence-corrected chi connectivity index (χ1v) is 10.1. The number of benzene rings is 2. The van der Waals surface area contributed by atoms with Gasteiger partial charge in [0.1, 0.15) is 12.4 Å². The van der Waals surface area contributed by atoms with Crippen LogP contribution >= 0.6 is 11.6 Å². The van der Waals surface area contributed by atoms with Crippen molar-refractivity contribution in [2.75, 3.05) is 13.2 Å². The van der Waals surface area contributed by atoms with Crippen LogP contribution in [0.2, 0.25) is 5.02 Å². The van der Waals surface area contributed by atoms with Gasteiger partial charge in [-0.05, 0) is 31.0 Å². The first-order valence-electron chi connectivity index (χ1n) is 9.77.